The molecule has 0 amide bonds. The van der Waals surface area contributed by atoms with Gasteiger partial charge in [-0.15, -0.1) is 18.3 Å². The number of aliphatic hydroxyl groups is 1. The summed E-state index contributed by atoms with van der Waals surface area (Å²) >= 11 is 1.40. The van der Waals surface area contributed by atoms with Crippen molar-refractivity contribution >= 4 is 29.3 Å². The van der Waals surface area contributed by atoms with Crippen LogP contribution in [0.4, 0.5) is 0 Å². The molecule has 0 spiro atoms. The second-order valence-electron chi connectivity index (χ2n) is 11.9. The van der Waals surface area contributed by atoms with Gasteiger partial charge in [0.25, 0.3) is 0 Å². The number of ketones is 2. The average molecular weight is 513 g/mol. The zero-order valence-corrected chi connectivity index (χ0v) is 22.8. The Morgan fingerprint density at radius 2 is 1.89 bits per heavy atom. The van der Waals surface area contributed by atoms with Crippen LogP contribution in [0.1, 0.15) is 66.2 Å². The normalized spacial score (nSPS) is 40.0. The van der Waals surface area contributed by atoms with Crippen LogP contribution in [-0.4, -0.2) is 40.6 Å². The van der Waals surface area contributed by atoms with E-state index in [9.17, 15) is 19.5 Å². The van der Waals surface area contributed by atoms with E-state index in [1.54, 1.807) is 6.08 Å². The highest BCUT2D eigenvalue weighted by Gasteiger charge is 2.68. The molecule has 0 aromatic heterocycles. The van der Waals surface area contributed by atoms with Crippen LogP contribution in [0.3, 0.4) is 0 Å². The summed E-state index contributed by atoms with van der Waals surface area (Å²) in [5, 5.41) is 11.6. The zero-order valence-electron chi connectivity index (χ0n) is 22.0. The lowest BCUT2D eigenvalue weighted by Crippen LogP contribution is -2.63. The maximum atomic E-state index is 13.4. The molecule has 3 saturated carbocycles. The predicted octanol–water partition coefficient (Wildman–Crippen LogP) is 5.64. The number of ether oxygens (including phenoxy) is 1. The van der Waals surface area contributed by atoms with Gasteiger partial charge in [-0.1, -0.05) is 52.0 Å². The van der Waals surface area contributed by atoms with Crippen molar-refractivity contribution in [2.45, 2.75) is 83.3 Å². The second kappa shape index (κ2) is 10.1. The molecule has 2 unspecified atom stereocenters. The van der Waals surface area contributed by atoms with Crippen LogP contribution in [-0.2, 0) is 19.1 Å². The molecule has 1 aromatic rings. The minimum atomic E-state index is -0.702. The van der Waals surface area contributed by atoms with E-state index in [0.717, 1.165) is 24.2 Å². The first-order valence-electron chi connectivity index (χ1n) is 13.2. The van der Waals surface area contributed by atoms with E-state index in [1.165, 1.54) is 11.8 Å². The molecular formula is C30H40O5S. The van der Waals surface area contributed by atoms with Gasteiger partial charge in [-0.25, -0.2) is 0 Å². The standard InChI is InChI=1S/C30H40O5S/c1-6-28(4)17-24(35-25(33)16-21(31)18-36-22-10-8-7-9-11-22)29(5)19(2)12-14-30(20(3)27(28)34)15-13-23(32)26(29)30/h6-11,19-20,24,26-27,34H,1,12-18H2,2-5H3/t19?,20-,24+,26?,27-,28-,29-,30-/m0/s1. The average Bonchev–Trinajstić information content (AvgIpc) is 3.22. The second-order valence-corrected chi connectivity index (χ2v) is 12.9. The molecule has 0 saturated heterocycles. The predicted molar refractivity (Wildman–Crippen MR) is 141 cm³/mol. The maximum Gasteiger partial charge on any atom is 0.313 e. The van der Waals surface area contributed by atoms with E-state index in [-0.39, 0.29) is 46.9 Å². The first-order valence-corrected chi connectivity index (χ1v) is 14.2. The third-order valence-corrected chi connectivity index (χ3v) is 11.1. The first kappa shape index (κ1) is 27.1. The van der Waals surface area contributed by atoms with E-state index in [0.29, 0.717) is 12.8 Å². The fourth-order valence-electron chi connectivity index (χ4n) is 7.59. The maximum absolute atomic E-state index is 13.4. The lowest BCUT2D eigenvalue weighted by atomic mass is 9.44. The number of esters is 1. The van der Waals surface area contributed by atoms with Crippen molar-refractivity contribution in [2.75, 3.05) is 5.75 Å². The summed E-state index contributed by atoms with van der Waals surface area (Å²) < 4.78 is 6.16. The van der Waals surface area contributed by atoms with Gasteiger partial charge in [-0.2, -0.15) is 0 Å². The molecule has 1 N–H and O–H groups in total. The highest BCUT2D eigenvalue weighted by atomic mass is 32.2. The molecule has 6 heteroatoms. The Bertz CT molecular complexity index is 1020. The van der Waals surface area contributed by atoms with Crippen LogP contribution in [0, 0.1) is 34.0 Å². The molecule has 1 aromatic carbocycles. The smallest absolute Gasteiger partial charge is 0.313 e. The third-order valence-electron chi connectivity index (χ3n) is 10.1. The molecular weight excluding hydrogens is 472 g/mol. The first-order chi connectivity index (χ1) is 17.0. The van der Waals surface area contributed by atoms with Gasteiger partial charge < -0.3 is 9.84 Å². The van der Waals surface area contributed by atoms with Crippen LogP contribution in [0.2, 0.25) is 0 Å². The van der Waals surface area contributed by atoms with Crippen molar-refractivity contribution in [3.8, 4) is 0 Å². The van der Waals surface area contributed by atoms with Crippen LogP contribution in [0.5, 0.6) is 0 Å². The Morgan fingerprint density at radius 3 is 2.56 bits per heavy atom. The Kier molecular flexibility index (Phi) is 7.60. The molecule has 0 heterocycles. The van der Waals surface area contributed by atoms with E-state index in [2.05, 4.69) is 27.4 Å². The molecule has 5 nitrogen and oxygen atoms in total. The van der Waals surface area contributed by atoms with E-state index >= 15 is 0 Å². The number of rotatable bonds is 7. The Hall–Kier alpha value is -1.92. The van der Waals surface area contributed by atoms with Gasteiger partial charge >= 0.3 is 5.97 Å². The summed E-state index contributed by atoms with van der Waals surface area (Å²) in [6.07, 6.45) is 3.65. The minimum Gasteiger partial charge on any atom is -0.461 e. The highest BCUT2D eigenvalue weighted by molar-refractivity contribution is 8.00. The summed E-state index contributed by atoms with van der Waals surface area (Å²) in [6.45, 7) is 12.4. The van der Waals surface area contributed by atoms with Gasteiger partial charge in [-0.05, 0) is 55.1 Å². The largest absolute Gasteiger partial charge is 0.461 e. The van der Waals surface area contributed by atoms with Gasteiger partial charge in [0.15, 0.2) is 5.78 Å². The number of Topliss-reactive ketones (excluding diaryl/α,β-unsaturated/α-hetero) is 2. The van der Waals surface area contributed by atoms with Gasteiger partial charge in [-0.3, -0.25) is 14.4 Å². The molecule has 3 aliphatic carbocycles. The van der Waals surface area contributed by atoms with Crippen molar-refractivity contribution in [2.24, 2.45) is 34.0 Å². The zero-order chi connectivity index (χ0) is 26.3. The molecule has 8 atom stereocenters. The molecule has 3 fully saturated rings. The summed E-state index contributed by atoms with van der Waals surface area (Å²) in [7, 11) is 0. The number of carbonyl (C=O) groups is 3. The quantitative estimate of drug-likeness (QED) is 0.220. The Labute approximate surface area is 219 Å². The summed E-state index contributed by atoms with van der Waals surface area (Å²) in [6, 6.07) is 9.62. The van der Waals surface area contributed by atoms with Crippen LogP contribution in [0.15, 0.2) is 47.9 Å². The monoisotopic (exact) mass is 512 g/mol. The molecule has 36 heavy (non-hydrogen) atoms. The summed E-state index contributed by atoms with van der Waals surface area (Å²) in [5.74, 6) is -0.497. The van der Waals surface area contributed by atoms with Gasteiger partial charge in [0.05, 0.1) is 11.9 Å². The van der Waals surface area contributed by atoms with Crippen molar-refractivity contribution in [3.05, 3.63) is 43.0 Å². The van der Waals surface area contributed by atoms with Crippen molar-refractivity contribution < 1.29 is 24.2 Å². The van der Waals surface area contributed by atoms with Crippen LogP contribution >= 0.6 is 11.8 Å². The number of aliphatic hydroxyl groups excluding tert-OH is 1. The Morgan fingerprint density at radius 1 is 1.19 bits per heavy atom. The van der Waals surface area contributed by atoms with Gasteiger partial charge in [0, 0.05) is 28.1 Å². The lowest BCUT2D eigenvalue weighted by molar-refractivity contribution is -0.206. The lowest BCUT2D eigenvalue weighted by Gasteiger charge is -2.61. The van der Waals surface area contributed by atoms with Crippen molar-refractivity contribution in [1.82, 2.24) is 0 Å². The van der Waals surface area contributed by atoms with Gasteiger partial charge in [0.1, 0.15) is 18.3 Å². The summed E-state index contributed by atoms with van der Waals surface area (Å²) in [4.78, 5) is 40.2. The van der Waals surface area contributed by atoms with Crippen LogP contribution < -0.4 is 0 Å². The fourth-order valence-corrected chi connectivity index (χ4v) is 8.37. The van der Waals surface area contributed by atoms with E-state index < -0.39 is 29.0 Å². The fraction of sp³-hybridized carbons (Fsp3) is 0.633. The van der Waals surface area contributed by atoms with E-state index in [4.69, 9.17) is 4.74 Å². The Balaban J connectivity index is 1.60. The molecule has 0 aliphatic heterocycles. The SMILES string of the molecule is C=C[C@@]1(C)C[C@@H](OC(=O)CC(=O)CSc2ccccc2)[C@]2(C)C(C)CC[C@]3(CCC(=O)C32)[C@@H](C)[C@@H]1O. The molecule has 0 radical (unpaired) electrons. The number of thioether (sulfide) groups is 1. The number of carbonyl (C=O) groups excluding carboxylic acids is 3. The highest BCUT2D eigenvalue weighted by Crippen LogP contribution is 2.68. The van der Waals surface area contributed by atoms with Crippen molar-refractivity contribution in [1.29, 1.82) is 0 Å². The number of hydrogen-bond donors (Lipinski definition) is 1. The topological polar surface area (TPSA) is 80.7 Å². The van der Waals surface area contributed by atoms with E-state index in [1.807, 2.05) is 37.3 Å². The van der Waals surface area contributed by atoms with Crippen LogP contribution in [0.25, 0.3) is 0 Å². The van der Waals surface area contributed by atoms with Gasteiger partial charge in [0.2, 0.25) is 0 Å². The molecule has 2 bridgehead atoms. The third kappa shape index (κ3) is 4.49. The number of hydrogen-bond acceptors (Lipinski definition) is 6. The summed E-state index contributed by atoms with van der Waals surface area (Å²) in [5.41, 5.74) is -1.56. The minimum absolute atomic E-state index is 0.0722. The molecule has 4 rings (SSSR count). The van der Waals surface area contributed by atoms with Crippen molar-refractivity contribution in [3.63, 3.8) is 0 Å². The molecule has 196 valence electrons. The molecule has 3 aliphatic rings. The number of benzene rings is 1.